The molecule has 0 rings (SSSR count). The Hall–Kier alpha value is 0.932. The third kappa shape index (κ3) is 4.75. The Balaban J connectivity index is 5.21. The summed E-state index contributed by atoms with van der Waals surface area (Å²) in [6, 6.07) is 0. The molecule has 0 aliphatic heterocycles. The van der Waals surface area contributed by atoms with Crippen molar-refractivity contribution in [2.24, 2.45) is 0 Å². The molecule has 0 bridgehead atoms. The third-order valence-electron chi connectivity index (χ3n) is 2.59. The zero-order valence-electron chi connectivity index (χ0n) is 11.9. The van der Waals surface area contributed by atoms with Crippen LogP contribution in [0.15, 0.2) is 12.7 Å². The first-order chi connectivity index (χ1) is 6.43. The zero-order chi connectivity index (χ0) is 12.5. The van der Waals surface area contributed by atoms with Crippen LogP contribution in [0.2, 0.25) is 53.6 Å². The van der Waals surface area contributed by atoms with Gasteiger partial charge in [0.05, 0.1) is 0 Å². The SMILES string of the molecule is C=C[CH2][Sn]([CH3])([CH3])[N]([Si](C)(C)C)[Si](C)(C)C. The van der Waals surface area contributed by atoms with Gasteiger partial charge in [0.2, 0.25) is 0 Å². The standard InChI is InChI=1S/C6H18NSi2.C3H5.2CH3.Sn/c1-8(2,3)7-9(4,5)6;1-3-2;;;/h1-6H3;3H,1-2H2;2*1H3;/q-1;;;;+1. The van der Waals surface area contributed by atoms with Gasteiger partial charge in [0.25, 0.3) is 0 Å². The molecule has 0 amide bonds. The van der Waals surface area contributed by atoms with Gasteiger partial charge in [0, 0.05) is 0 Å². The van der Waals surface area contributed by atoms with Gasteiger partial charge >= 0.3 is 104 Å². The van der Waals surface area contributed by atoms with Crippen LogP contribution in [0, 0.1) is 0 Å². The molecular formula is C11H29NSi2Sn. The van der Waals surface area contributed by atoms with Crippen LogP contribution in [0.25, 0.3) is 0 Å². The molecule has 0 aromatic rings. The predicted molar refractivity (Wildman–Crippen MR) is 81.0 cm³/mol. The number of hydrogen-bond donors (Lipinski definition) is 0. The number of hydrogen-bond acceptors (Lipinski definition) is 1. The molecule has 0 saturated carbocycles. The van der Waals surface area contributed by atoms with Gasteiger partial charge in [-0.1, -0.05) is 0 Å². The molecule has 0 unspecified atom stereocenters. The summed E-state index contributed by atoms with van der Waals surface area (Å²) >= 11 is -2.05. The molecule has 0 heterocycles. The average molecular weight is 350 g/mol. The molecule has 0 aromatic carbocycles. The second-order valence-corrected chi connectivity index (χ2v) is 32.3. The minimum atomic E-state index is -2.05. The predicted octanol–water partition coefficient (Wildman–Crippen LogP) is 4.35. The molecular weight excluding hydrogens is 321 g/mol. The maximum atomic E-state index is 3.95. The van der Waals surface area contributed by atoms with Crippen LogP contribution in [-0.4, -0.2) is 37.6 Å². The van der Waals surface area contributed by atoms with Gasteiger partial charge in [-0.15, -0.1) is 0 Å². The molecule has 0 N–H and O–H groups in total. The summed E-state index contributed by atoms with van der Waals surface area (Å²) in [7, 11) is -2.31. The van der Waals surface area contributed by atoms with E-state index in [9.17, 15) is 0 Å². The zero-order valence-corrected chi connectivity index (χ0v) is 16.8. The number of nitrogens with zero attached hydrogens (tertiary/aromatic N) is 1. The first kappa shape index (κ1) is 15.9. The normalized spacial score (nSPS) is 14.5. The summed E-state index contributed by atoms with van der Waals surface area (Å²) in [6.07, 6.45) is 2.16. The summed E-state index contributed by atoms with van der Waals surface area (Å²) < 4.78 is 4.36. The topological polar surface area (TPSA) is 3.24 Å². The molecule has 1 nitrogen and oxygen atoms in total. The molecule has 0 aliphatic rings. The second kappa shape index (κ2) is 5.06. The third-order valence-corrected chi connectivity index (χ3v) is 36.0. The Morgan fingerprint density at radius 3 is 1.53 bits per heavy atom. The van der Waals surface area contributed by atoms with Gasteiger partial charge in [0.15, 0.2) is 0 Å². The molecule has 0 aromatic heterocycles. The van der Waals surface area contributed by atoms with Crippen molar-refractivity contribution in [3.8, 4) is 0 Å². The van der Waals surface area contributed by atoms with E-state index in [1.165, 1.54) is 4.44 Å². The summed E-state index contributed by atoms with van der Waals surface area (Å²) in [6.45, 7) is 19.0. The van der Waals surface area contributed by atoms with E-state index >= 15 is 0 Å². The first-order valence-corrected chi connectivity index (χ1v) is 21.7. The van der Waals surface area contributed by atoms with Crippen molar-refractivity contribution in [1.29, 1.82) is 0 Å². The van der Waals surface area contributed by atoms with E-state index in [0.29, 0.717) is 0 Å². The number of allylic oxidation sites excluding steroid dienone is 1. The van der Waals surface area contributed by atoms with Crippen molar-refractivity contribution >= 4 is 35.1 Å². The quantitative estimate of drug-likeness (QED) is 0.526. The van der Waals surface area contributed by atoms with Crippen LogP contribution in [0.3, 0.4) is 0 Å². The first-order valence-electron chi connectivity index (χ1n) is 5.84. The van der Waals surface area contributed by atoms with Crippen LogP contribution in [0.1, 0.15) is 0 Å². The molecule has 15 heavy (non-hydrogen) atoms. The summed E-state index contributed by atoms with van der Waals surface area (Å²) in [5, 5.41) is 0. The van der Waals surface area contributed by atoms with Crippen LogP contribution < -0.4 is 0 Å². The monoisotopic (exact) mass is 351 g/mol. The molecule has 0 aliphatic carbocycles. The Bertz CT molecular complexity index is 212. The molecule has 0 radical (unpaired) electrons. The fourth-order valence-electron chi connectivity index (χ4n) is 3.27. The van der Waals surface area contributed by atoms with E-state index in [2.05, 4.69) is 64.3 Å². The van der Waals surface area contributed by atoms with Crippen LogP contribution in [0.4, 0.5) is 0 Å². The fourth-order valence-corrected chi connectivity index (χ4v) is 49.8. The number of rotatable bonds is 5. The Labute approximate surface area is 103 Å². The van der Waals surface area contributed by atoms with E-state index in [1.807, 2.05) is 0 Å². The van der Waals surface area contributed by atoms with E-state index in [-0.39, 0.29) is 0 Å². The summed E-state index contributed by atoms with van der Waals surface area (Å²) in [4.78, 5) is 5.15. The van der Waals surface area contributed by atoms with Gasteiger partial charge in [-0.2, -0.15) is 0 Å². The molecule has 0 atom stereocenters. The average Bonchev–Trinajstić information content (AvgIpc) is 1.75. The van der Waals surface area contributed by atoms with Gasteiger partial charge in [-0.3, -0.25) is 0 Å². The van der Waals surface area contributed by atoms with Gasteiger partial charge in [0.1, 0.15) is 0 Å². The van der Waals surface area contributed by atoms with Crippen molar-refractivity contribution in [2.75, 3.05) is 0 Å². The van der Waals surface area contributed by atoms with Crippen molar-refractivity contribution in [3.63, 3.8) is 0 Å². The fraction of sp³-hybridized carbons (Fsp3) is 0.818. The maximum absolute atomic E-state index is 3.95. The van der Waals surface area contributed by atoms with Crippen molar-refractivity contribution in [2.45, 2.75) is 53.6 Å². The van der Waals surface area contributed by atoms with Crippen LogP contribution >= 0.6 is 0 Å². The van der Waals surface area contributed by atoms with Crippen LogP contribution in [-0.2, 0) is 0 Å². The molecule has 4 heteroatoms. The Morgan fingerprint density at radius 2 is 1.33 bits per heavy atom. The van der Waals surface area contributed by atoms with Gasteiger partial charge in [-0.25, -0.2) is 0 Å². The summed E-state index contributed by atoms with van der Waals surface area (Å²) in [5.74, 6) is 0. The van der Waals surface area contributed by atoms with Crippen LogP contribution in [0.5, 0.6) is 0 Å². The molecule has 0 fully saturated rings. The van der Waals surface area contributed by atoms with Crippen molar-refractivity contribution < 1.29 is 0 Å². The molecule has 0 saturated heterocycles. The minimum absolute atomic E-state index is 1.15. The molecule has 90 valence electrons. The van der Waals surface area contributed by atoms with E-state index < -0.39 is 35.1 Å². The van der Waals surface area contributed by atoms with E-state index in [0.717, 1.165) is 0 Å². The van der Waals surface area contributed by atoms with Gasteiger partial charge < -0.3 is 0 Å². The molecule has 0 spiro atoms. The van der Waals surface area contributed by atoms with Crippen molar-refractivity contribution in [3.05, 3.63) is 12.7 Å². The second-order valence-electron chi connectivity index (χ2n) is 6.98. The Kier molecular flexibility index (Phi) is 5.38. The van der Waals surface area contributed by atoms with E-state index in [1.54, 1.807) is 0 Å². The van der Waals surface area contributed by atoms with Crippen molar-refractivity contribution in [1.82, 2.24) is 2.45 Å². The van der Waals surface area contributed by atoms with E-state index in [4.69, 9.17) is 0 Å². The van der Waals surface area contributed by atoms with Gasteiger partial charge in [-0.05, 0) is 0 Å². The Morgan fingerprint density at radius 1 is 1.00 bits per heavy atom. The summed E-state index contributed by atoms with van der Waals surface area (Å²) in [5.41, 5.74) is 0.